The van der Waals surface area contributed by atoms with E-state index in [4.69, 9.17) is 0 Å². The van der Waals surface area contributed by atoms with E-state index in [1.165, 1.54) is 24.3 Å². The van der Waals surface area contributed by atoms with Crippen LogP contribution >= 0.6 is 0 Å². The Labute approximate surface area is 161 Å². The molecule has 1 aliphatic rings. The standard InChI is InChI=1S/C20H20N4O4/c1-11-5-4-6-16(12(11)2)22-19(25)17-13(3)21-20(26)23-18(17)14-7-9-15(10-8-14)24(27)28/h4-10,18H,1-3H3,(H,22,25)(H2,21,23,26)/t18-/m0/s1. The van der Waals surface area contributed by atoms with E-state index >= 15 is 0 Å². The Morgan fingerprint density at radius 1 is 1.11 bits per heavy atom. The molecule has 1 atom stereocenters. The van der Waals surface area contributed by atoms with Crippen molar-refractivity contribution in [3.63, 3.8) is 0 Å². The lowest BCUT2D eigenvalue weighted by Gasteiger charge is -2.28. The smallest absolute Gasteiger partial charge is 0.319 e. The van der Waals surface area contributed by atoms with Crippen molar-refractivity contribution in [3.05, 3.63) is 80.5 Å². The summed E-state index contributed by atoms with van der Waals surface area (Å²) < 4.78 is 0. The van der Waals surface area contributed by atoms with Crippen LogP contribution in [0.2, 0.25) is 0 Å². The van der Waals surface area contributed by atoms with E-state index in [-0.39, 0.29) is 11.6 Å². The lowest BCUT2D eigenvalue weighted by atomic mass is 9.94. The number of amides is 3. The largest absolute Gasteiger partial charge is 0.327 e. The number of carbonyl (C=O) groups is 2. The Balaban J connectivity index is 1.96. The van der Waals surface area contributed by atoms with Crippen molar-refractivity contribution in [1.82, 2.24) is 10.6 Å². The second-order valence-electron chi connectivity index (χ2n) is 6.62. The molecule has 0 radical (unpaired) electrons. The average Bonchev–Trinajstić information content (AvgIpc) is 2.64. The van der Waals surface area contributed by atoms with Crippen LogP contribution in [0.5, 0.6) is 0 Å². The zero-order valence-electron chi connectivity index (χ0n) is 15.7. The average molecular weight is 380 g/mol. The first-order valence-electron chi connectivity index (χ1n) is 8.68. The van der Waals surface area contributed by atoms with Gasteiger partial charge in [0.15, 0.2) is 0 Å². The van der Waals surface area contributed by atoms with Gasteiger partial charge in [-0.15, -0.1) is 0 Å². The summed E-state index contributed by atoms with van der Waals surface area (Å²) in [5, 5.41) is 19.1. The van der Waals surface area contributed by atoms with E-state index in [0.29, 0.717) is 22.5 Å². The van der Waals surface area contributed by atoms with Gasteiger partial charge in [0.2, 0.25) is 0 Å². The number of aryl methyl sites for hydroxylation is 1. The quantitative estimate of drug-likeness (QED) is 0.556. The fourth-order valence-electron chi connectivity index (χ4n) is 3.11. The summed E-state index contributed by atoms with van der Waals surface area (Å²) in [6.07, 6.45) is 0. The number of urea groups is 1. The van der Waals surface area contributed by atoms with Gasteiger partial charge in [0.1, 0.15) is 0 Å². The first-order valence-corrected chi connectivity index (χ1v) is 8.68. The van der Waals surface area contributed by atoms with Crippen LogP contribution in [0.3, 0.4) is 0 Å². The van der Waals surface area contributed by atoms with Crippen LogP contribution in [-0.2, 0) is 4.79 Å². The normalized spacial score (nSPS) is 16.2. The van der Waals surface area contributed by atoms with Crippen LogP contribution < -0.4 is 16.0 Å². The second kappa shape index (κ2) is 7.51. The van der Waals surface area contributed by atoms with Gasteiger partial charge < -0.3 is 16.0 Å². The highest BCUT2D eigenvalue weighted by atomic mass is 16.6. The highest BCUT2D eigenvalue weighted by molar-refractivity contribution is 6.07. The maximum Gasteiger partial charge on any atom is 0.319 e. The third-order valence-electron chi connectivity index (χ3n) is 4.80. The lowest BCUT2D eigenvalue weighted by Crippen LogP contribution is -2.46. The highest BCUT2D eigenvalue weighted by Gasteiger charge is 2.31. The third-order valence-corrected chi connectivity index (χ3v) is 4.80. The molecule has 1 aliphatic heterocycles. The van der Waals surface area contributed by atoms with Crippen LogP contribution in [0, 0.1) is 24.0 Å². The maximum atomic E-state index is 13.0. The molecule has 2 aromatic carbocycles. The Morgan fingerprint density at radius 2 is 1.79 bits per heavy atom. The molecular formula is C20H20N4O4. The monoisotopic (exact) mass is 380 g/mol. The van der Waals surface area contributed by atoms with Crippen LogP contribution in [0.25, 0.3) is 0 Å². The molecule has 0 saturated carbocycles. The molecular weight excluding hydrogens is 360 g/mol. The molecule has 0 spiro atoms. The maximum absolute atomic E-state index is 13.0. The van der Waals surface area contributed by atoms with Gasteiger partial charge in [-0.3, -0.25) is 14.9 Å². The number of rotatable bonds is 4. The number of anilines is 1. The van der Waals surface area contributed by atoms with Crippen LogP contribution in [0.1, 0.15) is 29.7 Å². The molecule has 0 bridgehead atoms. The number of hydrogen-bond donors (Lipinski definition) is 3. The predicted molar refractivity (Wildman–Crippen MR) is 105 cm³/mol. The van der Waals surface area contributed by atoms with E-state index in [0.717, 1.165) is 11.1 Å². The number of non-ortho nitro benzene ring substituents is 1. The third kappa shape index (κ3) is 3.71. The number of carbonyl (C=O) groups excluding carboxylic acids is 2. The molecule has 3 rings (SSSR count). The summed E-state index contributed by atoms with van der Waals surface area (Å²) in [7, 11) is 0. The molecule has 3 amide bonds. The molecule has 144 valence electrons. The van der Waals surface area contributed by atoms with E-state index in [1.54, 1.807) is 6.92 Å². The van der Waals surface area contributed by atoms with Gasteiger partial charge >= 0.3 is 6.03 Å². The van der Waals surface area contributed by atoms with Crippen molar-refractivity contribution in [3.8, 4) is 0 Å². The van der Waals surface area contributed by atoms with Crippen molar-refractivity contribution in [1.29, 1.82) is 0 Å². The summed E-state index contributed by atoms with van der Waals surface area (Å²) in [5.41, 5.74) is 3.96. The summed E-state index contributed by atoms with van der Waals surface area (Å²) in [6.45, 7) is 5.52. The highest BCUT2D eigenvalue weighted by Crippen LogP contribution is 2.29. The zero-order valence-corrected chi connectivity index (χ0v) is 15.7. The fourth-order valence-corrected chi connectivity index (χ4v) is 3.11. The summed E-state index contributed by atoms with van der Waals surface area (Å²) in [6, 6.07) is 10.2. The van der Waals surface area contributed by atoms with Crippen LogP contribution in [0.4, 0.5) is 16.2 Å². The molecule has 3 N–H and O–H groups in total. The van der Waals surface area contributed by atoms with Gasteiger partial charge in [-0.05, 0) is 55.7 Å². The van der Waals surface area contributed by atoms with Crippen LogP contribution in [0.15, 0.2) is 53.7 Å². The van der Waals surface area contributed by atoms with Crippen molar-refractivity contribution in [2.24, 2.45) is 0 Å². The summed E-state index contributed by atoms with van der Waals surface area (Å²) in [5.74, 6) is -0.359. The first-order chi connectivity index (χ1) is 13.3. The topological polar surface area (TPSA) is 113 Å². The van der Waals surface area contributed by atoms with Gasteiger partial charge in [-0.1, -0.05) is 12.1 Å². The number of benzene rings is 2. The number of nitrogens with zero attached hydrogens (tertiary/aromatic N) is 1. The van der Waals surface area contributed by atoms with Crippen molar-refractivity contribution in [2.75, 3.05) is 5.32 Å². The number of nitrogens with one attached hydrogen (secondary N) is 3. The van der Waals surface area contributed by atoms with Gasteiger partial charge in [-0.25, -0.2) is 4.79 Å². The molecule has 1 heterocycles. The Bertz CT molecular complexity index is 996. The minimum atomic E-state index is -0.723. The van der Waals surface area contributed by atoms with Gasteiger partial charge in [0, 0.05) is 23.5 Å². The van der Waals surface area contributed by atoms with E-state index in [9.17, 15) is 19.7 Å². The number of nitro benzene ring substituents is 1. The minimum Gasteiger partial charge on any atom is -0.327 e. The number of nitro groups is 1. The minimum absolute atomic E-state index is 0.0638. The Hall–Kier alpha value is -3.68. The molecule has 28 heavy (non-hydrogen) atoms. The Kier molecular flexibility index (Phi) is 5.12. The number of hydrogen-bond acceptors (Lipinski definition) is 4. The molecule has 0 fully saturated rings. The summed E-state index contributed by atoms with van der Waals surface area (Å²) >= 11 is 0. The van der Waals surface area contributed by atoms with Crippen molar-refractivity contribution >= 4 is 23.3 Å². The molecule has 8 heteroatoms. The van der Waals surface area contributed by atoms with Crippen molar-refractivity contribution < 1.29 is 14.5 Å². The van der Waals surface area contributed by atoms with Crippen molar-refractivity contribution in [2.45, 2.75) is 26.8 Å². The van der Waals surface area contributed by atoms with Gasteiger partial charge in [0.05, 0.1) is 16.5 Å². The molecule has 8 nitrogen and oxygen atoms in total. The summed E-state index contributed by atoms with van der Waals surface area (Å²) in [4.78, 5) is 35.4. The van der Waals surface area contributed by atoms with Gasteiger partial charge in [0.25, 0.3) is 11.6 Å². The molecule has 0 aliphatic carbocycles. The Morgan fingerprint density at radius 3 is 2.43 bits per heavy atom. The van der Waals surface area contributed by atoms with Gasteiger partial charge in [-0.2, -0.15) is 0 Å². The van der Waals surface area contributed by atoms with E-state index in [2.05, 4.69) is 16.0 Å². The zero-order chi connectivity index (χ0) is 20.4. The van der Waals surface area contributed by atoms with Crippen LogP contribution in [-0.4, -0.2) is 16.9 Å². The first kappa shape index (κ1) is 19.1. The molecule has 0 unspecified atom stereocenters. The second-order valence-corrected chi connectivity index (χ2v) is 6.62. The number of allylic oxidation sites excluding steroid dienone is 1. The fraction of sp³-hybridized carbons (Fsp3) is 0.200. The van der Waals surface area contributed by atoms with E-state index < -0.39 is 17.0 Å². The SMILES string of the molecule is CC1=C(C(=O)Nc2cccc(C)c2C)[C@H](c2ccc([N+](=O)[O-])cc2)NC(=O)N1. The lowest BCUT2D eigenvalue weighted by molar-refractivity contribution is -0.384. The predicted octanol–water partition coefficient (Wildman–Crippen LogP) is 3.48. The molecule has 2 aromatic rings. The molecule has 0 aromatic heterocycles. The van der Waals surface area contributed by atoms with E-state index in [1.807, 2.05) is 32.0 Å². The molecule has 0 saturated heterocycles.